The van der Waals surface area contributed by atoms with Gasteiger partial charge in [0.15, 0.2) is 11.0 Å². The highest BCUT2D eigenvalue weighted by Gasteiger charge is 2.17. The lowest BCUT2D eigenvalue weighted by Crippen LogP contribution is -2.28. The van der Waals surface area contributed by atoms with Crippen molar-refractivity contribution in [2.45, 2.75) is 31.6 Å². The van der Waals surface area contributed by atoms with Crippen LogP contribution in [0.2, 0.25) is 0 Å². The molecule has 0 saturated carbocycles. The molecule has 0 saturated heterocycles. The molecule has 30 heavy (non-hydrogen) atoms. The van der Waals surface area contributed by atoms with Gasteiger partial charge in [-0.15, -0.1) is 10.2 Å². The Balaban J connectivity index is 1.63. The smallest absolute Gasteiger partial charge is 0.233 e. The fourth-order valence-electron chi connectivity index (χ4n) is 3.03. The lowest BCUT2D eigenvalue weighted by molar-refractivity contribution is -0.127. The molecule has 8 heteroatoms. The summed E-state index contributed by atoms with van der Waals surface area (Å²) >= 11 is 1.43. The number of nitrogens with zero attached hydrogens (tertiary/aromatic N) is 6. The molecule has 1 aromatic carbocycles. The maximum Gasteiger partial charge on any atom is 0.233 e. The molecular formula is C22H28N6OS. The summed E-state index contributed by atoms with van der Waals surface area (Å²) in [6.07, 6.45) is 4.45. The molecule has 0 spiro atoms. The zero-order valence-electron chi connectivity index (χ0n) is 17.9. The highest BCUT2D eigenvalue weighted by Crippen LogP contribution is 2.24. The molecule has 0 N–H and O–H groups in total. The molecule has 7 nitrogen and oxygen atoms in total. The van der Waals surface area contributed by atoms with Gasteiger partial charge in [-0.3, -0.25) is 9.78 Å². The first-order valence-corrected chi connectivity index (χ1v) is 10.9. The predicted octanol–water partition coefficient (Wildman–Crippen LogP) is 3.57. The summed E-state index contributed by atoms with van der Waals surface area (Å²) in [6, 6.07) is 12.1. The number of aromatic nitrogens is 4. The normalized spacial score (nSPS) is 10.8. The van der Waals surface area contributed by atoms with Crippen LogP contribution in [0, 0.1) is 0 Å². The standard InChI is InChI=1S/C22H28N6OS/c1-5-14-28-21(18-10-12-23-13-11-18)24-25-22(28)30-16-20(29)27(4)15-17-6-8-19(9-7-17)26(2)3/h6-13H,5,14-16H2,1-4H3. The van der Waals surface area contributed by atoms with Crippen LogP contribution in [0.15, 0.2) is 53.9 Å². The molecule has 2 aromatic heterocycles. The van der Waals surface area contributed by atoms with Crippen LogP contribution in [0.25, 0.3) is 11.4 Å². The maximum atomic E-state index is 12.7. The van der Waals surface area contributed by atoms with Crippen molar-refractivity contribution in [2.24, 2.45) is 0 Å². The van der Waals surface area contributed by atoms with Gasteiger partial charge in [-0.25, -0.2) is 0 Å². The summed E-state index contributed by atoms with van der Waals surface area (Å²) in [6.45, 7) is 3.50. The van der Waals surface area contributed by atoms with Crippen LogP contribution in [-0.4, -0.2) is 57.5 Å². The van der Waals surface area contributed by atoms with Gasteiger partial charge in [0.25, 0.3) is 0 Å². The first-order valence-electron chi connectivity index (χ1n) is 9.96. The number of hydrogen-bond donors (Lipinski definition) is 0. The molecule has 1 amide bonds. The zero-order chi connectivity index (χ0) is 21.5. The highest BCUT2D eigenvalue weighted by atomic mass is 32.2. The second kappa shape index (κ2) is 10.2. The van der Waals surface area contributed by atoms with E-state index in [0.717, 1.165) is 40.8 Å². The summed E-state index contributed by atoms with van der Waals surface area (Å²) in [5.74, 6) is 1.20. The Hall–Kier alpha value is -2.87. The van der Waals surface area contributed by atoms with Crippen LogP contribution in [0.5, 0.6) is 0 Å². The Morgan fingerprint density at radius 3 is 2.37 bits per heavy atom. The fraction of sp³-hybridized carbons (Fsp3) is 0.364. The average molecular weight is 425 g/mol. The number of rotatable bonds is 9. The second-order valence-electron chi connectivity index (χ2n) is 7.29. The van der Waals surface area contributed by atoms with E-state index in [2.05, 4.69) is 55.8 Å². The quantitative estimate of drug-likeness (QED) is 0.489. The minimum atomic E-state index is 0.0631. The highest BCUT2D eigenvalue weighted by molar-refractivity contribution is 7.99. The summed E-state index contributed by atoms with van der Waals surface area (Å²) in [5.41, 5.74) is 3.22. The average Bonchev–Trinajstić information content (AvgIpc) is 3.15. The Morgan fingerprint density at radius 1 is 1.03 bits per heavy atom. The van der Waals surface area contributed by atoms with Gasteiger partial charge in [-0.1, -0.05) is 30.8 Å². The summed E-state index contributed by atoms with van der Waals surface area (Å²) in [7, 11) is 5.86. The number of pyridine rings is 1. The van der Waals surface area contributed by atoms with Crippen LogP contribution in [-0.2, 0) is 17.9 Å². The molecule has 0 aliphatic rings. The van der Waals surface area contributed by atoms with E-state index in [4.69, 9.17) is 0 Å². The van der Waals surface area contributed by atoms with Crippen molar-refractivity contribution >= 4 is 23.4 Å². The van der Waals surface area contributed by atoms with Gasteiger partial charge >= 0.3 is 0 Å². The summed E-state index contributed by atoms with van der Waals surface area (Å²) in [5, 5.41) is 9.45. The zero-order valence-corrected chi connectivity index (χ0v) is 18.8. The third-order valence-electron chi connectivity index (χ3n) is 4.73. The number of hydrogen-bond acceptors (Lipinski definition) is 6. The van der Waals surface area contributed by atoms with Gasteiger partial charge in [0.2, 0.25) is 5.91 Å². The van der Waals surface area contributed by atoms with Crippen LogP contribution < -0.4 is 4.90 Å². The number of carbonyl (C=O) groups excluding carboxylic acids is 1. The minimum absolute atomic E-state index is 0.0631. The molecule has 0 bridgehead atoms. The monoisotopic (exact) mass is 424 g/mol. The molecule has 0 aliphatic carbocycles. The second-order valence-corrected chi connectivity index (χ2v) is 8.24. The SMILES string of the molecule is CCCn1c(SCC(=O)N(C)Cc2ccc(N(C)C)cc2)nnc1-c1ccncc1. The van der Waals surface area contributed by atoms with Gasteiger partial charge in [0, 0.05) is 57.9 Å². The van der Waals surface area contributed by atoms with Gasteiger partial charge < -0.3 is 14.4 Å². The van der Waals surface area contributed by atoms with E-state index in [1.807, 2.05) is 33.3 Å². The predicted molar refractivity (Wildman–Crippen MR) is 122 cm³/mol. The fourth-order valence-corrected chi connectivity index (χ4v) is 3.94. The van der Waals surface area contributed by atoms with Crippen LogP contribution in [0.1, 0.15) is 18.9 Å². The van der Waals surface area contributed by atoms with Gasteiger partial charge in [-0.2, -0.15) is 0 Å². The molecule has 0 atom stereocenters. The summed E-state index contributed by atoms with van der Waals surface area (Å²) < 4.78 is 2.08. The van der Waals surface area contributed by atoms with E-state index in [1.165, 1.54) is 11.8 Å². The van der Waals surface area contributed by atoms with Crippen molar-refractivity contribution in [3.63, 3.8) is 0 Å². The Bertz CT molecular complexity index is 956. The van der Waals surface area contributed by atoms with Crippen LogP contribution in [0.3, 0.4) is 0 Å². The van der Waals surface area contributed by atoms with Gasteiger partial charge in [0.05, 0.1) is 5.75 Å². The lowest BCUT2D eigenvalue weighted by atomic mass is 10.2. The summed E-state index contributed by atoms with van der Waals surface area (Å²) in [4.78, 5) is 20.5. The van der Waals surface area contributed by atoms with Crippen molar-refractivity contribution < 1.29 is 4.79 Å². The van der Waals surface area contributed by atoms with Crippen molar-refractivity contribution in [3.8, 4) is 11.4 Å². The third kappa shape index (κ3) is 5.38. The molecular weight excluding hydrogens is 396 g/mol. The molecule has 0 radical (unpaired) electrons. The molecule has 2 heterocycles. The van der Waals surface area contributed by atoms with Crippen molar-refractivity contribution in [2.75, 3.05) is 31.8 Å². The molecule has 158 valence electrons. The Labute approximate surface area is 182 Å². The first-order chi connectivity index (χ1) is 14.5. The number of anilines is 1. The Kier molecular flexibility index (Phi) is 7.46. The van der Waals surface area contributed by atoms with E-state index >= 15 is 0 Å². The van der Waals surface area contributed by atoms with Crippen molar-refractivity contribution in [1.29, 1.82) is 0 Å². The van der Waals surface area contributed by atoms with E-state index in [9.17, 15) is 4.79 Å². The van der Waals surface area contributed by atoms with E-state index in [-0.39, 0.29) is 5.91 Å². The molecule has 0 unspecified atom stereocenters. The van der Waals surface area contributed by atoms with Crippen LogP contribution in [0.4, 0.5) is 5.69 Å². The first kappa shape index (κ1) is 21.8. The van der Waals surface area contributed by atoms with E-state index < -0.39 is 0 Å². The number of amides is 1. The van der Waals surface area contributed by atoms with E-state index in [1.54, 1.807) is 17.3 Å². The third-order valence-corrected chi connectivity index (χ3v) is 5.68. The van der Waals surface area contributed by atoms with Crippen LogP contribution >= 0.6 is 11.8 Å². The van der Waals surface area contributed by atoms with Gasteiger partial charge in [-0.05, 0) is 36.2 Å². The molecule has 3 rings (SSSR count). The Morgan fingerprint density at radius 2 is 1.73 bits per heavy atom. The van der Waals surface area contributed by atoms with E-state index in [0.29, 0.717) is 12.3 Å². The molecule has 0 aliphatic heterocycles. The lowest BCUT2D eigenvalue weighted by Gasteiger charge is -2.18. The maximum absolute atomic E-state index is 12.7. The number of benzene rings is 1. The van der Waals surface area contributed by atoms with Crippen molar-refractivity contribution in [3.05, 3.63) is 54.4 Å². The topological polar surface area (TPSA) is 67.2 Å². The number of carbonyl (C=O) groups is 1. The van der Waals surface area contributed by atoms with Gasteiger partial charge in [0.1, 0.15) is 0 Å². The largest absolute Gasteiger partial charge is 0.378 e. The minimum Gasteiger partial charge on any atom is -0.378 e. The van der Waals surface area contributed by atoms with Crippen molar-refractivity contribution in [1.82, 2.24) is 24.6 Å². The molecule has 0 fully saturated rings. The molecule has 3 aromatic rings. The number of thioether (sulfide) groups is 1.